The van der Waals surface area contributed by atoms with E-state index in [1.807, 2.05) is 0 Å². The smallest absolute Gasteiger partial charge is 0.0113 e. The Hall–Kier alpha value is -0.0800. The Morgan fingerprint density at radius 1 is 0.778 bits per heavy atom. The van der Waals surface area contributed by atoms with Crippen molar-refractivity contribution in [2.45, 2.75) is 57.9 Å². The number of nitrogens with zero attached hydrogens (tertiary/aromatic N) is 2. The highest BCUT2D eigenvalue weighted by atomic mass is 15.3. The third kappa shape index (κ3) is 3.27. The average Bonchev–Trinajstić information content (AvgIpc) is 3.24. The molecule has 0 amide bonds. The number of piperazine rings is 1. The average molecular weight is 250 g/mol. The van der Waals surface area contributed by atoms with Gasteiger partial charge in [0.15, 0.2) is 0 Å². The molecule has 0 atom stereocenters. The van der Waals surface area contributed by atoms with Crippen LogP contribution in [0.25, 0.3) is 0 Å². The second-order valence-corrected chi connectivity index (χ2v) is 6.86. The van der Waals surface area contributed by atoms with Gasteiger partial charge in [-0.1, -0.05) is 13.3 Å². The second kappa shape index (κ2) is 5.92. The number of rotatable bonds is 4. The van der Waals surface area contributed by atoms with Gasteiger partial charge >= 0.3 is 0 Å². The number of hydrogen-bond acceptors (Lipinski definition) is 2. The maximum atomic E-state index is 2.80. The highest BCUT2D eigenvalue weighted by molar-refractivity contribution is 4.85. The topological polar surface area (TPSA) is 6.48 Å². The molecule has 1 heterocycles. The lowest BCUT2D eigenvalue weighted by atomic mass is 9.84. The first-order valence-electron chi connectivity index (χ1n) is 8.31. The monoisotopic (exact) mass is 250 g/mol. The van der Waals surface area contributed by atoms with E-state index in [-0.39, 0.29) is 0 Å². The van der Waals surface area contributed by atoms with Gasteiger partial charge in [0.25, 0.3) is 0 Å². The van der Waals surface area contributed by atoms with E-state index in [1.54, 1.807) is 0 Å². The van der Waals surface area contributed by atoms with Gasteiger partial charge in [-0.3, -0.25) is 4.90 Å². The molecular weight excluding hydrogens is 220 g/mol. The molecule has 2 nitrogen and oxygen atoms in total. The summed E-state index contributed by atoms with van der Waals surface area (Å²) in [6.07, 6.45) is 10.3. The summed E-state index contributed by atoms with van der Waals surface area (Å²) < 4.78 is 0. The first-order chi connectivity index (χ1) is 8.85. The van der Waals surface area contributed by atoms with Gasteiger partial charge in [0, 0.05) is 38.8 Å². The van der Waals surface area contributed by atoms with Crippen molar-refractivity contribution in [1.82, 2.24) is 9.80 Å². The van der Waals surface area contributed by atoms with Crippen LogP contribution in [0.1, 0.15) is 51.9 Å². The largest absolute Gasteiger partial charge is 0.301 e. The molecule has 3 fully saturated rings. The molecular formula is C16H30N2. The van der Waals surface area contributed by atoms with Crippen LogP contribution in [0.2, 0.25) is 0 Å². The van der Waals surface area contributed by atoms with E-state index >= 15 is 0 Å². The van der Waals surface area contributed by atoms with Crippen LogP contribution < -0.4 is 0 Å². The van der Waals surface area contributed by atoms with Gasteiger partial charge in [-0.05, 0) is 50.4 Å². The van der Waals surface area contributed by atoms with Crippen LogP contribution in [0.3, 0.4) is 0 Å². The fraction of sp³-hybridized carbons (Fsp3) is 1.00. The van der Waals surface area contributed by atoms with E-state index < -0.39 is 0 Å². The van der Waals surface area contributed by atoms with E-state index in [2.05, 4.69) is 16.7 Å². The lowest BCUT2D eigenvalue weighted by Crippen LogP contribution is -2.51. The van der Waals surface area contributed by atoms with Crippen LogP contribution in [0.15, 0.2) is 0 Å². The van der Waals surface area contributed by atoms with Crippen molar-refractivity contribution in [3.05, 3.63) is 0 Å². The maximum absolute atomic E-state index is 2.80. The van der Waals surface area contributed by atoms with Crippen molar-refractivity contribution in [2.75, 3.05) is 32.7 Å². The van der Waals surface area contributed by atoms with Gasteiger partial charge in [0.2, 0.25) is 0 Å². The first-order valence-corrected chi connectivity index (χ1v) is 8.31. The molecule has 0 bridgehead atoms. The quantitative estimate of drug-likeness (QED) is 0.757. The second-order valence-electron chi connectivity index (χ2n) is 6.86. The summed E-state index contributed by atoms with van der Waals surface area (Å²) in [5.74, 6) is 2.11. The summed E-state index contributed by atoms with van der Waals surface area (Å²) in [7, 11) is 0. The first kappa shape index (κ1) is 12.9. The zero-order chi connectivity index (χ0) is 12.4. The van der Waals surface area contributed by atoms with Crippen LogP contribution in [-0.2, 0) is 0 Å². The summed E-state index contributed by atoms with van der Waals surface area (Å²) in [4.78, 5) is 5.51. The summed E-state index contributed by atoms with van der Waals surface area (Å²) in [5.41, 5.74) is 0. The normalized spacial score (nSPS) is 35.8. The van der Waals surface area contributed by atoms with Crippen LogP contribution >= 0.6 is 0 Å². The lowest BCUT2D eigenvalue weighted by molar-refractivity contribution is 0.0682. The Morgan fingerprint density at radius 2 is 1.39 bits per heavy atom. The molecule has 0 N–H and O–H groups in total. The molecule has 3 rings (SSSR count). The van der Waals surface area contributed by atoms with Crippen LogP contribution in [0.4, 0.5) is 0 Å². The molecule has 2 aliphatic carbocycles. The van der Waals surface area contributed by atoms with Crippen LogP contribution in [0.5, 0.6) is 0 Å². The van der Waals surface area contributed by atoms with Gasteiger partial charge in [-0.15, -0.1) is 0 Å². The van der Waals surface area contributed by atoms with E-state index in [9.17, 15) is 0 Å². The Morgan fingerprint density at radius 3 is 1.94 bits per heavy atom. The van der Waals surface area contributed by atoms with Crippen molar-refractivity contribution in [3.63, 3.8) is 0 Å². The zero-order valence-electron chi connectivity index (χ0n) is 12.1. The number of hydrogen-bond donors (Lipinski definition) is 0. The van der Waals surface area contributed by atoms with E-state index in [1.165, 1.54) is 77.7 Å². The van der Waals surface area contributed by atoms with Gasteiger partial charge in [0.05, 0.1) is 0 Å². The van der Waals surface area contributed by atoms with E-state index in [4.69, 9.17) is 0 Å². The van der Waals surface area contributed by atoms with Crippen molar-refractivity contribution < 1.29 is 0 Å². The summed E-state index contributed by atoms with van der Waals surface area (Å²) in [6.45, 7) is 9.12. The molecule has 0 aromatic rings. The van der Waals surface area contributed by atoms with E-state index in [0.29, 0.717) is 0 Å². The molecule has 2 saturated carbocycles. The Balaban J connectivity index is 1.39. The fourth-order valence-corrected chi connectivity index (χ4v) is 3.89. The zero-order valence-corrected chi connectivity index (χ0v) is 12.1. The highest BCUT2D eigenvalue weighted by Gasteiger charge is 2.30. The van der Waals surface area contributed by atoms with Crippen molar-refractivity contribution in [1.29, 1.82) is 0 Å². The Kier molecular flexibility index (Phi) is 4.25. The molecule has 2 heteroatoms. The van der Waals surface area contributed by atoms with Crippen molar-refractivity contribution >= 4 is 0 Å². The minimum atomic E-state index is 0.927. The molecule has 0 aromatic heterocycles. The summed E-state index contributed by atoms with van der Waals surface area (Å²) in [6, 6.07) is 0.927. The predicted molar refractivity (Wildman–Crippen MR) is 76.8 cm³/mol. The van der Waals surface area contributed by atoms with Gasteiger partial charge in [0.1, 0.15) is 0 Å². The van der Waals surface area contributed by atoms with Crippen LogP contribution in [0, 0.1) is 11.8 Å². The highest BCUT2D eigenvalue weighted by Crippen LogP contribution is 2.32. The maximum Gasteiger partial charge on any atom is 0.0113 e. The summed E-state index contributed by atoms with van der Waals surface area (Å²) in [5, 5.41) is 0. The fourth-order valence-electron chi connectivity index (χ4n) is 3.89. The third-order valence-corrected chi connectivity index (χ3v) is 5.53. The van der Waals surface area contributed by atoms with Gasteiger partial charge in [-0.25, -0.2) is 0 Å². The Labute approximate surface area is 113 Å². The molecule has 0 radical (unpaired) electrons. The molecule has 0 aromatic carbocycles. The van der Waals surface area contributed by atoms with E-state index in [0.717, 1.165) is 17.9 Å². The molecule has 18 heavy (non-hydrogen) atoms. The molecule has 104 valence electrons. The van der Waals surface area contributed by atoms with Gasteiger partial charge in [-0.2, -0.15) is 0 Å². The predicted octanol–water partition coefficient (Wildman–Crippen LogP) is 2.98. The SMILES string of the molecule is CCC1CCC(N2CCN(CC3CC3)CC2)CC1. The minimum Gasteiger partial charge on any atom is -0.301 e. The minimum absolute atomic E-state index is 0.927. The molecule has 0 spiro atoms. The van der Waals surface area contributed by atoms with Crippen LogP contribution in [-0.4, -0.2) is 48.6 Å². The van der Waals surface area contributed by atoms with Crippen molar-refractivity contribution in [2.24, 2.45) is 11.8 Å². The third-order valence-electron chi connectivity index (χ3n) is 5.53. The standard InChI is InChI=1S/C16H30N2/c1-2-14-5-7-16(8-6-14)18-11-9-17(10-12-18)13-15-3-4-15/h14-16H,2-13H2,1H3. The van der Waals surface area contributed by atoms with Crippen molar-refractivity contribution in [3.8, 4) is 0 Å². The molecule has 0 unspecified atom stereocenters. The molecule has 1 aliphatic heterocycles. The molecule has 1 saturated heterocycles. The summed E-state index contributed by atoms with van der Waals surface area (Å²) >= 11 is 0. The lowest BCUT2D eigenvalue weighted by Gasteiger charge is -2.42. The Bertz CT molecular complexity index is 246. The van der Waals surface area contributed by atoms with Gasteiger partial charge < -0.3 is 4.90 Å². The molecule has 3 aliphatic rings.